The lowest BCUT2D eigenvalue weighted by molar-refractivity contribution is 1.14. The van der Waals surface area contributed by atoms with Gasteiger partial charge in [0.1, 0.15) is 0 Å². The summed E-state index contributed by atoms with van der Waals surface area (Å²) in [6.45, 7) is 0. The van der Waals surface area contributed by atoms with Crippen LogP contribution in [-0.4, -0.2) is 26.3 Å². The van der Waals surface area contributed by atoms with Crippen molar-refractivity contribution in [2.75, 3.05) is 25.7 Å². The van der Waals surface area contributed by atoms with Gasteiger partial charge >= 0.3 is 0 Å². The summed E-state index contributed by atoms with van der Waals surface area (Å²) in [5.41, 5.74) is 1.08. The van der Waals surface area contributed by atoms with Crippen molar-refractivity contribution in [1.29, 1.82) is 0 Å². The van der Waals surface area contributed by atoms with Gasteiger partial charge in [0.2, 0.25) is 0 Å². The first-order valence-electron chi connectivity index (χ1n) is 4.36. The van der Waals surface area contributed by atoms with Crippen molar-refractivity contribution in [3.05, 3.63) is 24.3 Å². The van der Waals surface area contributed by atoms with Crippen LogP contribution in [0.25, 0.3) is 0 Å². The van der Waals surface area contributed by atoms with Crippen LogP contribution in [-0.2, 0) is 0 Å². The summed E-state index contributed by atoms with van der Waals surface area (Å²) in [4.78, 5) is 5.27. The molecule has 0 bridgehead atoms. The molecule has 0 aliphatic rings. The van der Waals surface area contributed by atoms with Crippen LogP contribution in [0.3, 0.4) is 0 Å². The molecule has 3 nitrogen and oxygen atoms in total. The maximum absolute atomic E-state index is 4.06. The second kappa shape index (κ2) is 5.54. The number of hydrogen-bond acceptors (Lipinski definition) is 2. The molecular formula is C10H15N3S. The van der Waals surface area contributed by atoms with E-state index in [0.717, 1.165) is 11.6 Å². The third kappa shape index (κ3) is 2.67. The highest BCUT2D eigenvalue weighted by Gasteiger charge is 2.01. The van der Waals surface area contributed by atoms with E-state index in [9.17, 15) is 0 Å². The highest BCUT2D eigenvalue weighted by molar-refractivity contribution is 7.98. The lowest BCUT2D eigenvalue weighted by Gasteiger charge is -2.11. The minimum atomic E-state index is 0.770. The number of nitrogens with zero attached hydrogens (tertiary/aromatic N) is 1. The van der Waals surface area contributed by atoms with Gasteiger partial charge in [0.25, 0.3) is 0 Å². The molecule has 0 unspecified atom stereocenters. The Morgan fingerprint density at radius 3 is 2.64 bits per heavy atom. The van der Waals surface area contributed by atoms with Crippen molar-refractivity contribution in [2.45, 2.75) is 4.90 Å². The Labute approximate surface area is 89.0 Å². The first-order chi connectivity index (χ1) is 6.81. The number of aliphatic imine (C=N–C) groups is 1. The molecule has 0 fully saturated rings. The second-order valence-corrected chi connectivity index (χ2v) is 3.50. The average Bonchev–Trinajstić information content (AvgIpc) is 2.26. The molecule has 76 valence electrons. The van der Waals surface area contributed by atoms with E-state index < -0.39 is 0 Å². The summed E-state index contributed by atoms with van der Waals surface area (Å²) < 4.78 is 0. The van der Waals surface area contributed by atoms with Gasteiger partial charge in [-0.3, -0.25) is 4.99 Å². The summed E-state index contributed by atoms with van der Waals surface area (Å²) in [7, 11) is 3.59. The zero-order chi connectivity index (χ0) is 10.4. The lowest BCUT2D eigenvalue weighted by Crippen LogP contribution is -2.27. The molecule has 1 rings (SSSR count). The number of benzene rings is 1. The van der Waals surface area contributed by atoms with Crippen LogP contribution in [0.4, 0.5) is 5.69 Å². The molecule has 2 N–H and O–H groups in total. The molecule has 4 heteroatoms. The van der Waals surface area contributed by atoms with Crippen molar-refractivity contribution in [2.24, 2.45) is 4.99 Å². The van der Waals surface area contributed by atoms with Gasteiger partial charge in [0, 0.05) is 19.0 Å². The fourth-order valence-corrected chi connectivity index (χ4v) is 1.66. The second-order valence-electron chi connectivity index (χ2n) is 2.65. The van der Waals surface area contributed by atoms with Gasteiger partial charge in [0.15, 0.2) is 5.96 Å². The Balaban J connectivity index is 2.85. The van der Waals surface area contributed by atoms with Gasteiger partial charge < -0.3 is 10.6 Å². The number of para-hydroxylation sites is 1. The quantitative estimate of drug-likeness (QED) is 0.444. The molecule has 0 atom stereocenters. The average molecular weight is 209 g/mol. The van der Waals surface area contributed by atoms with E-state index >= 15 is 0 Å². The van der Waals surface area contributed by atoms with Crippen LogP contribution in [0, 0.1) is 0 Å². The van der Waals surface area contributed by atoms with Crippen molar-refractivity contribution in [3.63, 3.8) is 0 Å². The van der Waals surface area contributed by atoms with Gasteiger partial charge in [0.05, 0.1) is 5.69 Å². The molecule has 0 saturated carbocycles. The van der Waals surface area contributed by atoms with E-state index in [1.54, 1.807) is 18.8 Å². The molecule has 0 amide bonds. The van der Waals surface area contributed by atoms with Crippen LogP contribution in [0.15, 0.2) is 34.2 Å². The van der Waals surface area contributed by atoms with Gasteiger partial charge in [-0.15, -0.1) is 11.8 Å². The minimum absolute atomic E-state index is 0.770. The standard InChI is InChI=1S/C10H15N3S/c1-11-10(12-2)13-8-6-4-5-7-9(8)14-3/h4-7H,1-3H3,(H2,11,12,13). The van der Waals surface area contributed by atoms with Crippen molar-refractivity contribution >= 4 is 23.4 Å². The summed E-state index contributed by atoms with van der Waals surface area (Å²) in [5, 5.41) is 6.20. The van der Waals surface area contributed by atoms with Crippen molar-refractivity contribution in [1.82, 2.24) is 5.32 Å². The highest BCUT2D eigenvalue weighted by Crippen LogP contribution is 2.24. The molecule has 0 aliphatic heterocycles. The van der Waals surface area contributed by atoms with E-state index in [1.165, 1.54) is 4.90 Å². The minimum Gasteiger partial charge on any atom is -0.359 e. The smallest absolute Gasteiger partial charge is 0.195 e. The summed E-state index contributed by atoms with van der Waals surface area (Å²) >= 11 is 1.71. The Bertz CT molecular complexity index is 323. The molecule has 0 saturated heterocycles. The largest absolute Gasteiger partial charge is 0.359 e. The van der Waals surface area contributed by atoms with E-state index in [-0.39, 0.29) is 0 Å². The van der Waals surface area contributed by atoms with Gasteiger partial charge in [-0.2, -0.15) is 0 Å². The highest BCUT2D eigenvalue weighted by atomic mass is 32.2. The normalized spacial score (nSPS) is 11.2. The van der Waals surface area contributed by atoms with Gasteiger partial charge in [-0.1, -0.05) is 12.1 Å². The number of guanidine groups is 1. The zero-order valence-corrected chi connectivity index (χ0v) is 9.48. The molecule has 14 heavy (non-hydrogen) atoms. The van der Waals surface area contributed by atoms with E-state index in [4.69, 9.17) is 0 Å². The van der Waals surface area contributed by atoms with Crippen LogP contribution in [0.5, 0.6) is 0 Å². The fourth-order valence-electron chi connectivity index (χ4n) is 1.11. The number of nitrogens with one attached hydrogen (secondary N) is 2. The molecule has 1 aromatic carbocycles. The maximum atomic E-state index is 4.06. The number of hydrogen-bond donors (Lipinski definition) is 2. The summed E-state index contributed by atoms with van der Waals surface area (Å²) in [6.07, 6.45) is 2.06. The molecule has 1 aromatic rings. The number of rotatable bonds is 2. The lowest BCUT2D eigenvalue weighted by atomic mass is 10.3. The molecule has 0 radical (unpaired) electrons. The zero-order valence-electron chi connectivity index (χ0n) is 8.66. The SMILES string of the molecule is CN=C(NC)Nc1ccccc1SC. The van der Waals surface area contributed by atoms with Gasteiger partial charge in [-0.25, -0.2) is 0 Å². The Morgan fingerprint density at radius 2 is 2.07 bits per heavy atom. The van der Waals surface area contributed by atoms with E-state index in [0.29, 0.717) is 0 Å². The third-order valence-corrected chi connectivity index (χ3v) is 2.62. The van der Waals surface area contributed by atoms with Crippen LogP contribution in [0.1, 0.15) is 0 Å². The van der Waals surface area contributed by atoms with Crippen molar-refractivity contribution in [3.8, 4) is 0 Å². The topological polar surface area (TPSA) is 36.4 Å². The first kappa shape index (κ1) is 10.9. The Morgan fingerprint density at radius 1 is 1.36 bits per heavy atom. The third-order valence-electron chi connectivity index (χ3n) is 1.82. The molecular weight excluding hydrogens is 194 g/mol. The molecule has 0 spiro atoms. The van der Waals surface area contributed by atoms with Crippen LogP contribution < -0.4 is 10.6 Å². The van der Waals surface area contributed by atoms with Gasteiger partial charge in [-0.05, 0) is 18.4 Å². The molecule has 0 aromatic heterocycles. The number of anilines is 1. The fraction of sp³-hybridized carbons (Fsp3) is 0.300. The molecule has 0 aliphatic carbocycles. The Hall–Kier alpha value is -1.16. The summed E-state index contributed by atoms with van der Waals surface area (Å²) in [6, 6.07) is 8.15. The summed E-state index contributed by atoms with van der Waals surface area (Å²) in [5.74, 6) is 0.770. The van der Waals surface area contributed by atoms with Crippen molar-refractivity contribution < 1.29 is 0 Å². The first-order valence-corrected chi connectivity index (χ1v) is 5.59. The Kier molecular flexibility index (Phi) is 4.32. The number of thioether (sulfide) groups is 1. The van der Waals surface area contributed by atoms with E-state index in [1.807, 2.05) is 25.2 Å². The monoisotopic (exact) mass is 209 g/mol. The van der Waals surface area contributed by atoms with E-state index in [2.05, 4.69) is 27.9 Å². The van der Waals surface area contributed by atoms with Crippen LogP contribution >= 0.6 is 11.8 Å². The van der Waals surface area contributed by atoms with Crippen LogP contribution in [0.2, 0.25) is 0 Å². The predicted molar refractivity (Wildman–Crippen MR) is 64.3 cm³/mol. The molecule has 0 heterocycles. The predicted octanol–water partition coefficient (Wildman–Crippen LogP) is 2.03. The maximum Gasteiger partial charge on any atom is 0.195 e.